The Morgan fingerprint density at radius 1 is 1.04 bits per heavy atom. The molecule has 1 N–H and O–H groups in total. The summed E-state index contributed by atoms with van der Waals surface area (Å²) in [6, 6.07) is 8.97. The van der Waals surface area contributed by atoms with Gasteiger partial charge in [-0.2, -0.15) is 0 Å². The monoisotopic (exact) mass is 314 g/mol. The maximum Gasteiger partial charge on any atom is 0.269 e. The third-order valence-electron chi connectivity index (χ3n) is 3.94. The van der Waals surface area contributed by atoms with Crippen molar-refractivity contribution in [2.75, 3.05) is 0 Å². The lowest BCUT2D eigenvalue weighted by Crippen LogP contribution is -2.56. The molecule has 0 saturated carbocycles. The Morgan fingerprint density at radius 2 is 1.74 bits per heavy atom. The molecule has 4 heteroatoms. The van der Waals surface area contributed by atoms with Crippen LogP contribution in [0.3, 0.4) is 0 Å². The Balaban J connectivity index is 2.19. The molecule has 4 nitrogen and oxygen atoms in total. The first-order chi connectivity index (χ1) is 10.9. The summed E-state index contributed by atoms with van der Waals surface area (Å²) in [5.41, 5.74) is 3.66. The van der Waals surface area contributed by atoms with E-state index in [-0.39, 0.29) is 11.8 Å². The fourth-order valence-electron chi connectivity index (χ4n) is 2.63. The zero-order chi connectivity index (χ0) is 16.9. The van der Waals surface area contributed by atoms with Crippen LogP contribution in [-0.2, 0) is 4.79 Å². The van der Waals surface area contributed by atoms with Gasteiger partial charge in [-0.25, -0.2) is 5.01 Å². The highest BCUT2D eigenvalue weighted by atomic mass is 16.2. The van der Waals surface area contributed by atoms with E-state index in [9.17, 15) is 9.59 Å². The molecular formula is C19H26N2O2. The summed E-state index contributed by atoms with van der Waals surface area (Å²) >= 11 is 0. The topological polar surface area (TPSA) is 49.4 Å². The van der Waals surface area contributed by atoms with Crippen LogP contribution >= 0.6 is 0 Å². The molecule has 0 saturated heterocycles. The third-order valence-corrected chi connectivity index (χ3v) is 3.94. The van der Waals surface area contributed by atoms with Crippen molar-refractivity contribution in [3.63, 3.8) is 0 Å². The SMILES string of the molecule is CC(C)(C)N(NC(=O)c1ccccc1)C(=O)C1=CCCCCC1. The van der Waals surface area contributed by atoms with Gasteiger partial charge < -0.3 is 0 Å². The van der Waals surface area contributed by atoms with E-state index in [1.165, 1.54) is 5.01 Å². The Morgan fingerprint density at radius 3 is 2.39 bits per heavy atom. The van der Waals surface area contributed by atoms with E-state index in [0.717, 1.165) is 37.7 Å². The minimum Gasteiger partial charge on any atom is -0.268 e. The number of nitrogens with one attached hydrogen (secondary N) is 1. The van der Waals surface area contributed by atoms with Crippen LogP contribution in [0.5, 0.6) is 0 Å². The largest absolute Gasteiger partial charge is 0.269 e. The number of amides is 2. The summed E-state index contributed by atoms with van der Waals surface area (Å²) in [6.07, 6.45) is 7.06. The van der Waals surface area contributed by atoms with E-state index in [1.807, 2.05) is 45.0 Å². The predicted molar refractivity (Wildman–Crippen MR) is 91.7 cm³/mol. The number of hydrogen-bond donors (Lipinski definition) is 1. The molecule has 1 aliphatic rings. The molecule has 0 fully saturated rings. The summed E-state index contributed by atoms with van der Waals surface area (Å²) in [5.74, 6) is -0.355. The van der Waals surface area contributed by atoms with Gasteiger partial charge >= 0.3 is 0 Å². The van der Waals surface area contributed by atoms with Gasteiger partial charge in [-0.3, -0.25) is 15.0 Å². The maximum atomic E-state index is 12.9. The molecule has 2 rings (SSSR count). The van der Waals surface area contributed by atoms with E-state index >= 15 is 0 Å². The fourth-order valence-corrected chi connectivity index (χ4v) is 2.63. The third kappa shape index (κ3) is 4.68. The van der Waals surface area contributed by atoms with Crippen LogP contribution in [0.4, 0.5) is 0 Å². The average Bonchev–Trinajstić information content (AvgIpc) is 2.80. The minimum atomic E-state index is -0.491. The molecular weight excluding hydrogens is 288 g/mol. The zero-order valence-electron chi connectivity index (χ0n) is 14.3. The number of nitrogens with zero attached hydrogens (tertiary/aromatic N) is 1. The Kier molecular flexibility index (Phi) is 5.59. The number of hydrazine groups is 1. The van der Waals surface area contributed by atoms with Crippen molar-refractivity contribution in [2.24, 2.45) is 0 Å². The molecule has 0 atom stereocenters. The first-order valence-electron chi connectivity index (χ1n) is 8.29. The second-order valence-electron chi connectivity index (χ2n) is 6.95. The molecule has 2 amide bonds. The van der Waals surface area contributed by atoms with Crippen LogP contribution in [0.15, 0.2) is 42.0 Å². The molecule has 124 valence electrons. The number of hydrogen-bond acceptors (Lipinski definition) is 2. The predicted octanol–water partition coefficient (Wildman–Crippen LogP) is 3.85. The summed E-state index contributed by atoms with van der Waals surface area (Å²) in [4.78, 5) is 25.3. The van der Waals surface area contributed by atoms with E-state index in [1.54, 1.807) is 12.1 Å². The highest BCUT2D eigenvalue weighted by molar-refractivity contribution is 5.99. The van der Waals surface area contributed by atoms with Crippen LogP contribution in [0.2, 0.25) is 0 Å². The van der Waals surface area contributed by atoms with E-state index in [2.05, 4.69) is 5.43 Å². The van der Waals surface area contributed by atoms with Crippen LogP contribution < -0.4 is 5.43 Å². The molecule has 0 unspecified atom stereocenters. The van der Waals surface area contributed by atoms with Crippen molar-refractivity contribution in [3.8, 4) is 0 Å². The molecule has 1 aliphatic carbocycles. The van der Waals surface area contributed by atoms with Crippen molar-refractivity contribution >= 4 is 11.8 Å². The highest BCUT2D eigenvalue weighted by Gasteiger charge is 2.30. The highest BCUT2D eigenvalue weighted by Crippen LogP contribution is 2.22. The van der Waals surface area contributed by atoms with E-state index in [4.69, 9.17) is 0 Å². The second kappa shape index (κ2) is 7.44. The van der Waals surface area contributed by atoms with Gasteiger partial charge in [0.15, 0.2) is 0 Å². The maximum absolute atomic E-state index is 12.9. The zero-order valence-corrected chi connectivity index (χ0v) is 14.3. The lowest BCUT2D eigenvalue weighted by molar-refractivity contribution is -0.135. The normalized spacial score (nSPS) is 15.3. The molecule has 1 aromatic carbocycles. The van der Waals surface area contributed by atoms with Gasteiger partial charge in [0.1, 0.15) is 0 Å². The van der Waals surface area contributed by atoms with Gasteiger partial charge in [0, 0.05) is 11.1 Å². The molecule has 1 aromatic rings. The first-order valence-corrected chi connectivity index (χ1v) is 8.29. The fraction of sp³-hybridized carbons (Fsp3) is 0.474. The summed E-state index contributed by atoms with van der Waals surface area (Å²) < 4.78 is 0. The Hall–Kier alpha value is -2.10. The summed E-state index contributed by atoms with van der Waals surface area (Å²) in [6.45, 7) is 5.77. The molecule has 0 aromatic heterocycles. The minimum absolute atomic E-state index is 0.0938. The van der Waals surface area contributed by atoms with E-state index < -0.39 is 5.54 Å². The summed E-state index contributed by atoms with van der Waals surface area (Å²) in [7, 11) is 0. The smallest absolute Gasteiger partial charge is 0.268 e. The lowest BCUT2D eigenvalue weighted by atomic mass is 10.0. The van der Waals surface area contributed by atoms with Crippen LogP contribution in [-0.4, -0.2) is 22.4 Å². The Bertz CT molecular complexity index is 585. The van der Waals surface area contributed by atoms with Gasteiger partial charge in [0.05, 0.1) is 5.54 Å². The van der Waals surface area contributed by atoms with Crippen molar-refractivity contribution in [2.45, 2.75) is 58.4 Å². The lowest BCUT2D eigenvalue weighted by Gasteiger charge is -2.36. The van der Waals surface area contributed by atoms with Gasteiger partial charge in [0.25, 0.3) is 11.8 Å². The van der Waals surface area contributed by atoms with Crippen molar-refractivity contribution in [1.29, 1.82) is 0 Å². The van der Waals surface area contributed by atoms with Gasteiger partial charge in [-0.1, -0.05) is 30.7 Å². The van der Waals surface area contributed by atoms with Gasteiger partial charge in [-0.05, 0) is 58.6 Å². The number of rotatable bonds is 2. The molecule has 0 heterocycles. The molecule has 0 radical (unpaired) electrons. The van der Waals surface area contributed by atoms with Gasteiger partial charge in [0.2, 0.25) is 0 Å². The molecule has 0 aliphatic heterocycles. The van der Waals surface area contributed by atoms with Crippen molar-refractivity contribution < 1.29 is 9.59 Å². The first kappa shape index (κ1) is 17.3. The number of benzene rings is 1. The standard InChI is InChI=1S/C19H26N2O2/c1-19(2,3)21(18(23)16-13-7-4-5-8-14-16)20-17(22)15-11-9-6-10-12-15/h6,9-13H,4-5,7-8,14H2,1-3H3,(H,20,22). The molecule has 0 bridgehead atoms. The average molecular weight is 314 g/mol. The van der Waals surface area contributed by atoms with E-state index in [0.29, 0.717) is 5.56 Å². The molecule has 0 spiro atoms. The van der Waals surface area contributed by atoms with Crippen LogP contribution in [0.25, 0.3) is 0 Å². The van der Waals surface area contributed by atoms with Crippen molar-refractivity contribution in [1.82, 2.24) is 10.4 Å². The molecule has 23 heavy (non-hydrogen) atoms. The van der Waals surface area contributed by atoms with Crippen molar-refractivity contribution in [3.05, 3.63) is 47.5 Å². The number of carbonyl (C=O) groups excluding carboxylic acids is 2. The summed E-state index contributed by atoms with van der Waals surface area (Å²) in [5, 5.41) is 1.47. The number of carbonyl (C=O) groups is 2. The van der Waals surface area contributed by atoms with Gasteiger partial charge in [-0.15, -0.1) is 0 Å². The number of allylic oxidation sites excluding steroid dienone is 1. The Labute approximate surface area is 138 Å². The van der Waals surface area contributed by atoms with Crippen LogP contribution in [0, 0.1) is 0 Å². The quantitative estimate of drug-likeness (QED) is 0.843. The van der Waals surface area contributed by atoms with Crippen LogP contribution in [0.1, 0.15) is 63.2 Å². The second-order valence-corrected chi connectivity index (χ2v) is 6.95.